The van der Waals surface area contributed by atoms with Gasteiger partial charge in [0.15, 0.2) is 17.3 Å². The number of carbonyl (C=O) groups is 1. The van der Waals surface area contributed by atoms with Gasteiger partial charge in [-0.2, -0.15) is 5.10 Å². The Morgan fingerprint density at radius 3 is 2.48 bits per heavy atom. The third kappa shape index (κ3) is 2.93. The second-order valence-corrected chi connectivity index (χ2v) is 6.93. The Kier molecular flexibility index (Phi) is 4.03. The van der Waals surface area contributed by atoms with Gasteiger partial charge in [-0.05, 0) is 49.4 Å². The van der Waals surface area contributed by atoms with Crippen molar-refractivity contribution in [2.45, 2.75) is 19.3 Å². The monoisotopic (exact) mass is 346 g/mol. The van der Waals surface area contributed by atoms with Gasteiger partial charge >= 0.3 is 0 Å². The molecule has 2 fully saturated rings. The summed E-state index contributed by atoms with van der Waals surface area (Å²) in [6, 6.07) is 5.14. The number of nitrogens with zero attached hydrogens (tertiary/aromatic N) is 3. The zero-order chi connectivity index (χ0) is 17.4. The van der Waals surface area contributed by atoms with Gasteiger partial charge in [0.05, 0.1) is 0 Å². The summed E-state index contributed by atoms with van der Waals surface area (Å²) in [6.45, 7) is 3.46. The molecule has 2 aromatic rings. The predicted octanol–water partition coefficient (Wildman–Crippen LogP) is 2.37. The molecule has 7 heteroatoms. The third-order valence-electron chi connectivity index (χ3n) is 5.42. The summed E-state index contributed by atoms with van der Waals surface area (Å²) in [4.78, 5) is 14.5. The topological polar surface area (TPSA) is 50.2 Å². The Balaban J connectivity index is 1.50. The number of hydrogen-bond acceptors (Lipinski definition) is 3. The fourth-order valence-electron chi connectivity index (χ4n) is 3.84. The maximum atomic E-state index is 13.9. The van der Waals surface area contributed by atoms with Gasteiger partial charge in [0, 0.05) is 25.8 Å². The molecular formula is C18H20F2N4O. The molecule has 1 spiro atoms. The van der Waals surface area contributed by atoms with E-state index in [1.165, 1.54) is 30.5 Å². The van der Waals surface area contributed by atoms with Crippen LogP contribution < -0.4 is 5.32 Å². The average molecular weight is 346 g/mol. The zero-order valence-electron chi connectivity index (χ0n) is 13.8. The van der Waals surface area contributed by atoms with E-state index in [9.17, 15) is 13.6 Å². The Labute approximate surface area is 144 Å². The van der Waals surface area contributed by atoms with Gasteiger partial charge in [0.1, 0.15) is 5.69 Å². The van der Waals surface area contributed by atoms with Crippen molar-refractivity contribution < 1.29 is 13.6 Å². The summed E-state index contributed by atoms with van der Waals surface area (Å²) in [6.07, 6.45) is 4.54. The first-order valence-corrected chi connectivity index (χ1v) is 8.58. The summed E-state index contributed by atoms with van der Waals surface area (Å²) in [5, 5.41) is 7.50. The molecule has 1 aromatic heterocycles. The molecule has 0 bridgehead atoms. The lowest BCUT2D eigenvalue weighted by Gasteiger charge is -2.38. The number of likely N-dealkylation sites (tertiary alicyclic amines) is 1. The van der Waals surface area contributed by atoms with Crippen LogP contribution in [0.1, 0.15) is 29.8 Å². The van der Waals surface area contributed by atoms with E-state index in [1.807, 2.05) is 0 Å². The molecule has 2 saturated heterocycles. The maximum absolute atomic E-state index is 13.9. The maximum Gasteiger partial charge on any atom is 0.274 e. The van der Waals surface area contributed by atoms with Crippen LogP contribution in [0.25, 0.3) is 5.69 Å². The molecule has 25 heavy (non-hydrogen) atoms. The van der Waals surface area contributed by atoms with Crippen LogP contribution in [-0.4, -0.2) is 46.8 Å². The molecule has 0 radical (unpaired) electrons. The summed E-state index contributed by atoms with van der Waals surface area (Å²) in [5.41, 5.74) is 0.270. The number of hydrogen-bond donors (Lipinski definition) is 1. The van der Waals surface area contributed by atoms with Crippen LogP contribution in [0.3, 0.4) is 0 Å². The van der Waals surface area contributed by atoms with Crippen molar-refractivity contribution >= 4 is 5.91 Å². The lowest BCUT2D eigenvalue weighted by molar-refractivity contribution is 0.0601. The lowest BCUT2D eigenvalue weighted by atomic mass is 9.78. The molecule has 1 N–H and O–H groups in total. The van der Waals surface area contributed by atoms with Gasteiger partial charge in [-0.25, -0.2) is 13.5 Å². The molecule has 0 atom stereocenters. The summed E-state index contributed by atoms with van der Waals surface area (Å²) in [5.74, 6) is -1.61. The van der Waals surface area contributed by atoms with E-state index in [-0.39, 0.29) is 17.3 Å². The van der Waals surface area contributed by atoms with Gasteiger partial charge in [-0.1, -0.05) is 6.07 Å². The van der Waals surface area contributed by atoms with E-state index in [1.54, 1.807) is 4.90 Å². The summed E-state index contributed by atoms with van der Waals surface area (Å²) in [7, 11) is 0. The molecule has 0 saturated carbocycles. The Bertz CT molecular complexity index is 768. The quantitative estimate of drug-likeness (QED) is 0.908. The highest BCUT2D eigenvalue weighted by Crippen LogP contribution is 2.37. The molecule has 0 aliphatic carbocycles. The Morgan fingerprint density at radius 1 is 1.12 bits per heavy atom. The zero-order valence-corrected chi connectivity index (χ0v) is 13.8. The summed E-state index contributed by atoms with van der Waals surface area (Å²) < 4.78 is 28.8. The van der Waals surface area contributed by atoms with Crippen LogP contribution in [0.5, 0.6) is 0 Å². The van der Waals surface area contributed by atoms with Gasteiger partial charge in [-0.3, -0.25) is 4.79 Å². The number of aromatic nitrogens is 2. The minimum absolute atomic E-state index is 0.184. The van der Waals surface area contributed by atoms with E-state index in [2.05, 4.69) is 10.4 Å². The number of amides is 1. The Hall–Kier alpha value is -2.28. The van der Waals surface area contributed by atoms with E-state index in [0.29, 0.717) is 18.5 Å². The smallest absolute Gasteiger partial charge is 0.274 e. The van der Waals surface area contributed by atoms with Crippen LogP contribution in [0.2, 0.25) is 0 Å². The number of rotatable bonds is 2. The fourth-order valence-corrected chi connectivity index (χ4v) is 3.84. The number of piperidine rings is 1. The Morgan fingerprint density at radius 2 is 1.84 bits per heavy atom. The molecule has 4 rings (SSSR count). The molecule has 0 unspecified atom stereocenters. The SMILES string of the molecule is O=C(c1ccn(-c2c(F)cccc2F)n1)N1CCC2(CCNC2)CC1. The molecule has 1 amide bonds. The van der Waals surface area contributed by atoms with Gasteiger partial charge in [0.2, 0.25) is 0 Å². The fraction of sp³-hybridized carbons (Fsp3) is 0.444. The average Bonchev–Trinajstić information content (AvgIpc) is 3.25. The molecule has 1 aromatic carbocycles. The number of carbonyl (C=O) groups excluding carboxylic acids is 1. The van der Waals surface area contributed by atoms with Gasteiger partial charge < -0.3 is 10.2 Å². The highest BCUT2D eigenvalue weighted by molar-refractivity contribution is 5.92. The molecule has 132 valence electrons. The first-order chi connectivity index (χ1) is 12.1. The van der Waals surface area contributed by atoms with Gasteiger partial charge in [0.25, 0.3) is 5.91 Å². The molecule has 2 aliphatic heterocycles. The van der Waals surface area contributed by atoms with Crippen molar-refractivity contribution in [2.24, 2.45) is 5.41 Å². The van der Waals surface area contributed by atoms with Crippen LogP contribution in [0, 0.1) is 17.0 Å². The highest BCUT2D eigenvalue weighted by atomic mass is 19.1. The van der Waals surface area contributed by atoms with Crippen molar-refractivity contribution in [3.63, 3.8) is 0 Å². The van der Waals surface area contributed by atoms with Crippen LogP contribution in [-0.2, 0) is 0 Å². The second-order valence-electron chi connectivity index (χ2n) is 6.93. The minimum atomic E-state index is -0.712. The van der Waals surface area contributed by atoms with Crippen molar-refractivity contribution in [3.8, 4) is 5.69 Å². The standard InChI is InChI=1S/C18H20F2N4O/c19-13-2-1-3-14(20)16(13)24-9-4-15(22-24)17(25)23-10-6-18(7-11-23)5-8-21-12-18/h1-4,9,21H,5-8,10-12H2. The van der Waals surface area contributed by atoms with E-state index in [4.69, 9.17) is 0 Å². The predicted molar refractivity (Wildman–Crippen MR) is 88.5 cm³/mol. The van der Waals surface area contributed by atoms with Crippen molar-refractivity contribution in [3.05, 3.63) is 47.8 Å². The second kappa shape index (κ2) is 6.22. The first-order valence-electron chi connectivity index (χ1n) is 8.58. The van der Waals surface area contributed by atoms with Crippen molar-refractivity contribution in [2.75, 3.05) is 26.2 Å². The van der Waals surface area contributed by atoms with E-state index in [0.717, 1.165) is 37.0 Å². The number of halogens is 2. The normalized spacial score (nSPS) is 19.5. The minimum Gasteiger partial charge on any atom is -0.337 e. The molecule has 5 nitrogen and oxygen atoms in total. The summed E-state index contributed by atoms with van der Waals surface area (Å²) >= 11 is 0. The lowest BCUT2D eigenvalue weighted by Crippen LogP contribution is -2.44. The van der Waals surface area contributed by atoms with Crippen LogP contribution in [0.4, 0.5) is 8.78 Å². The third-order valence-corrected chi connectivity index (χ3v) is 5.42. The molecule has 2 aliphatic rings. The van der Waals surface area contributed by atoms with Crippen molar-refractivity contribution in [1.29, 1.82) is 0 Å². The first kappa shape index (κ1) is 16.2. The van der Waals surface area contributed by atoms with Gasteiger partial charge in [-0.15, -0.1) is 0 Å². The number of benzene rings is 1. The highest BCUT2D eigenvalue weighted by Gasteiger charge is 2.38. The van der Waals surface area contributed by atoms with Crippen LogP contribution >= 0.6 is 0 Å². The van der Waals surface area contributed by atoms with Crippen LogP contribution in [0.15, 0.2) is 30.5 Å². The molecule has 3 heterocycles. The number of para-hydroxylation sites is 1. The number of nitrogens with one attached hydrogen (secondary N) is 1. The molecular weight excluding hydrogens is 326 g/mol. The largest absolute Gasteiger partial charge is 0.337 e. The van der Waals surface area contributed by atoms with E-state index < -0.39 is 11.6 Å². The van der Waals surface area contributed by atoms with Crippen molar-refractivity contribution in [1.82, 2.24) is 20.0 Å². The van der Waals surface area contributed by atoms with E-state index >= 15 is 0 Å².